The van der Waals surface area contributed by atoms with Gasteiger partial charge in [-0.3, -0.25) is 4.79 Å². The molecule has 0 radical (unpaired) electrons. The predicted molar refractivity (Wildman–Crippen MR) is 86.3 cm³/mol. The van der Waals surface area contributed by atoms with E-state index in [4.69, 9.17) is 13.9 Å². The quantitative estimate of drug-likeness (QED) is 0.764. The van der Waals surface area contributed by atoms with Gasteiger partial charge in [0.15, 0.2) is 6.61 Å². The molecule has 1 aliphatic heterocycles. The van der Waals surface area contributed by atoms with Crippen molar-refractivity contribution in [2.24, 2.45) is 0 Å². The molecule has 0 aliphatic carbocycles. The molecule has 23 heavy (non-hydrogen) atoms. The van der Waals surface area contributed by atoms with Gasteiger partial charge >= 0.3 is 5.97 Å². The topological polar surface area (TPSA) is 69.0 Å². The smallest absolute Gasteiger partial charge is 0.375 e. The van der Waals surface area contributed by atoms with Crippen LogP contribution in [0.5, 0.6) is 0 Å². The second kappa shape index (κ2) is 6.72. The van der Waals surface area contributed by atoms with Crippen molar-refractivity contribution in [3.8, 4) is 0 Å². The van der Waals surface area contributed by atoms with Crippen molar-refractivity contribution >= 4 is 38.8 Å². The Labute approximate surface area is 141 Å². The third-order valence-corrected chi connectivity index (χ3v) is 4.27. The highest BCUT2D eigenvalue weighted by atomic mass is 79.9. The van der Waals surface area contributed by atoms with Gasteiger partial charge in [0, 0.05) is 28.5 Å². The zero-order valence-corrected chi connectivity index (χ0v) is 14.2. The SMILES string of the molecule is Cc1c(C(=O)OCC(=O)N2CCOCC2)oc2ccc(Br)cc12. The summed E-state index contributed by atoms with van der Waals surface area (Å²) in [6.45, 7) is 3.56. The van der Waals surface area contributed by atoms with Gasteiger partial charge in [-0.2, -0.15) is 0 Å². The van der Waals surface area contributed by atoms with Crippen LogP contribution in [0.4, 0.5) is 0 Å². The van der Waals surface area contributed by atoms with Crippen molar-refractivity contribution in [3.63, 3.8) is 0 Å². The van der Waals surface area contributed by atoms with Crippen LogP contribution in [0.25, 0.3) is 11.0 Å². The summed E-state index contributed by atoms with van der Waals surface area (Å²) in [5.41, 5.74) is 1.31. The highest BCUT2D eigenvalue weighted by Gasteiger charge is 2.22. The fraction of sp³-hybridized carbons (Fsp3) is 0.375. The van der Waals surface area contributed by atoms with Gasteiger partial charge in [-0.05, 0) is 25.1 Å². The molecular formula is C16H16BrNO5. The van der Waals surface area contributed by atoms with Crippen molar-refractivity contribution in [2.75, 3.05) is 32.9 Å². The van der Waals surface area contributed by atoms with E-state index < -0.39 is 5.97 Å². The van der Waals surface area contributed by atoms with E-state index in [1.807, 2.05) is 12.1 Å². The molecule has 0 unspecified atom stereocenters. The van der Waals surface area contributed by atoms with E-state index in [2.05, 4.69) is 15.9 Å². The van der Waals surface area contributed by atoms with Crippen LogP contribution in [0.2, 0.25) is 0 Å². The number of esters is 1. The van der Waals surface area contributed by atoms with Gasteiger partial charge in [0.05, 0.1) is 13.2 Å². The molecule has 2 aromatic rings. The summed E-state index contributed by atoms with van der Waals surface area (Å²) in [5.74, 6) is -0.720. The van der Waals surface area contributed by atoms with Crippen molar-refractivity contribution in [2.45, 2.75) is 6.92 Å². The van der Waals surface area contributed by atoms with Gasteiger partial charge in [-0.15, -0.1) is 0 Å². The lowest BCUT2D eigenvalue weighted by molar-refractivity contribution is -0.138. The first-order valence-electron chi connectivity index (χ1n) is 7.27. The molecule has 2 heterocycles. The van der Waals surface area contributed by atoms with E-state index in [0.717, 1.165) is 9.86 Å². The Kier molecular flexibility index (Phi) is 4.68. The molecule has 1 aromatic carbocycles. The number of aryl methyl sites for hydroxylation is 1. The molecule has 3 rings (SSSR count). The first-order valence-corrected chi connectivity index (χ1v) is 8.07. The monoisotopic (exact) mass is 381 g/mol. The maximum absolute atomic E-state index is 12.2. The largest absolute Gasteiger partial charge is 0.450 e. The van der Waals surface area contributed by atoms with Crippen LogP contribution >= 0.6 is 15.9 Å². The molecule has 7 heteroatoms. The van der Waals surface area contributed by atoms with Crippen LogP contribution < -0.4 is 0 Å². The van der Waals surface area contributed by atoms with E-state index in [-0.39, 0.29) is 18.3 Å². The fourth-order valence-corrected chi connectivity index (χ4v) is 2.85. The number of morpholine rings is 1. The van der Waals surface area contributed by atoms with Crippen LogP contribution in [0.15, 0.2) is 27.1 Å². The Bertz CT molecular complexity index is 748. The second-order valence-corrected chi connectivity index (χ2v) is 6.18. The molecule has 0 saturated carbocycles. The Balaban J connectivity index is 1.68. The van der Waals surface area contributed by atoms with Gasteiger partial charge in [0.2, 0.25) is 5.76 Å². The second-order valence-electron chi connectivity index (χ2n) is 5.27. The number of hydrogen-bond donors (Lipinski definition) is 0. The average molecular weight is 382 g/mol. The minimum Gasteiger partial charge on any atom is -0.450 e. The standard InChI is InChI=1S/C16H16BrNO5/c1-10-12-8-11(17)2-3-13(12)23-15(10)16(20)22-9-14(19)18-4-6-21-7-5-18/h2-3,8H,4-7,9H2,1H3. The predicted octanol–water partition coefficient (Wildman–Crippen LogP) is 2.52. The van der Waals surface area contributed by atoms with Gasteiger partial charge in [-0.1, -0.05) is 15.9 Å². The van der Waals surface area contributed by atoms with E-state index >= 15 is 0 Å². The van der Waals surface area contributed by atoms with E-state index in [9.17, 15) is 9.59 Å². The number of carbonyl (C=O) groups is 2. The van der Waals surface area contributed by atoms with Gasteiger partial charge in [0.25, 0.3) is 5.91 Å². The number of fused-ring (bicyclic) bond motifs is 1. The molecule has 1 aliphatic rings. The molecule has 1 aromatic heterocycles. The molecule has 6 nitrogen and oxygen atoms in total. The van der Waals surface area contributed by atoms with Gasteiger partial charge in [-0.25, -0.2) is 4.79 Å². The van der Waals surface area contributed by atoms with Crippen molar-refractivity contribution in [1.82, 2.24) is 4.90 Å². The number of furan rings is 1. The molecule has 0 spiro atoms. The average Bonchev–Trinajstić information content (AvgIpc) is 2.90. The highest BCUT2D eigenvalue weighted by Crippen LogP contribution is 2.28. The summed E-state index contributed by atoms with van der Waals surface area (Å²) < 4.78 is 16.7. The molecular weight excluding hydrogens is 366 g/mol. The molecule has 1 fully saturated rings. The third kappa shape index (κ3) is 3.40. The zero-order valence-electron chi connectivity index (χ0n) is 12.6. The van der Waals surface area contributed by atoms with Crippen LogP contribution in [0.3, 0.4) is 0 Å². The summed E-state index contributed by atoms with van der Waals surface area (Å²) in [6.07, 6.45) is 0. The minimum atomic E-state index is -0.628. The van der Waals surface area contributed by atoms with E-state index in [0.29, 0.717) is 37.4 Å². The number of ether oxygens (including phenoxy) is 2. The van der Waals surface area contributed by atoms with Crippen LogP contribution in [0.1, 0.15) is 16.1 Å². The van der Waals surface area contributed by atoms with Gasteiger partial charge < -0.3 is 18.8 Å². The first-order chi connectivity index (χ1) is 11.1. The maximum atomic E-state index is 12.2. The molecule has 1 amide bonds. The lowest BCUT2D eigenvalue weighted by Crippen LogP contribution is -2.42. The fourth-order valence-electron chi connectivity index (χ4n) is 2.48. The number of hydrogen-bond acceptors (Lipinski definition) is 5. The van der Waals surface area contributed by atoms with Gasteiger partial charge in [0.1, 0.15) is 5.58 Å². The number of nitrogens with zero attached hydrogens (tertiary/aromatic N) is 1. The highest BCUT2D eigenvalue weighted by molar-refractivity contribution is 9.10. The normalized spacial score (nSPS) is 15.0. The Morgan fingerprint density at radius 1 is 1.30 bits per heavy atom. The number of amides is 1. The molecule has 0 atom stereocenters. The van der Waals surface area contributed by atoms with E-state index in [1.54, 1.807) is 17.9 Å². The lowest BCUT2D eigenvalue weighted by Gasteiger charge is -2.26. The third-order valence-electron chi connectivity index (χ3n) is 3.77. The number of benzene rings is 1. The summed E-state index contributed by atoms with van der Waals surface area (Å²) in [7, 11) is 0. The Hall–Kier alpha value is -1.86. The van der Waals surface area contributed by atoms with Crippen LogP contribution in [0, 0.1) is 6.92 Å². The number of carbonyl (C=O) groups excluding carboxylic acids is 2. The van der Waals surface area contributed by atoms with Crippen molar-refractivity contribution < 1.29 is 23.5 Å². The summed E-state index contributed by atoms with van der Waals surface area (Å²) in [5, 5.41) is 0.839. The van der Waals surface area contributed by atoms with Crippen molar-refractivity contribution in [3.05, 3.63) is 34.0 Å². The molecule has 0 N–H and O–H groups in total. The Morgan fingerprint density at radius 2 is 2.04 bits per heavy atom. The van der Waals surface area contributed by atoms with Crippen LogP contribution in [-0.2, 0) is 14.3 Å². The Morgan fingerprint density at radius 3 is 2.78 bits per heavy atom. The van der Waals surface area contributed by atoms with E-state index in [1.165, 1.54) is 0 Å². The minimum absolute atomic E-state index is 0.132. The zero-order chi connectivity index (χ0) is 16.4. The van der Waals surface area contributed by atoms with Crippen molar-refractivity contribution in [1.29, 1.82) is 0 Å². The molecule has 1 saturated heterocycles. The number of rotatable bonds is 3. The first kappa shape index (κ1) is 16.0. The molecule has 122 valence electrons. The number of halogens is 1. The summed E-state index contributed by atoms with van der Waals surface area (Å²) in [4.78, 5) is 25.8. The maximum Gasteiger partial charge on any atom is 0.375 e. The van der Waals surface area contributed by atoms with Crippen LogP contribution in [-0.4, -0.2) is 49.7 Å². The summed E-state index contributed by atoms with van der Waals surface area (Å²) in [6, 6.07) is 5.49. The summed E-state index contributed by atoms with van der Waals surface area (Å²) >= 11 is 3.39. The molecule has 0 bridgehead atoms. The lowest BCUT2D eigenvalue weighted by atomic mass is 10.1.